The second kappa shape index (κ2) is 8.54. The Bertz CT molecular complexity index is 859. The molecule has 29 heavy (non-hydrogen) atoms. The minimum Gasteiger partial charge on any atom is -0.459 e. The zero-order valence-corrected chi connectivity index (χ0v) is 17.3. The first-order chi connectivity index (χ1) is 14.1. The molecule has 3 aliphatic rings. The van der Waals surface area contributed by atoms with Crippen molar-refractivity contribution in [1.82, 2.24) is 5.32 Å². The van der Waals surface area contributed by atoms with Crippen LogP contribution in [0.15, 0.2) is 46.8 Å². The Morgan fingerprint density at radius 1 is 1.21 bits per heavy atom. The predicted molar refractivity (Wildman–Crippen MR) is 110 cm³/mol. The second-order valence-corrected chi connectivity index (χ2v) is 8.09. The summed E-state index contributed by atoms with van der Waals surface area (Å²) in [4.78, 5) is 26.0. The van der Waals surface area contributed by atoms with Gasteiger partial charge in [-0.05, 0) is 50.2 Å². The smallest absolute Gasteiger partial charge is 0.336 e. The van der Waals surface area contributed by atoms with Gasteiger partial charge in [0.15, 0.2) is 5.78 Å². The van der Waals surface area contributed by atoms with Crippen LogP contribution in [-0.4, -0.2) is 31.1 Å². The molecule has 0 amide bonds. The summed E-state index contributed by atoms with van der Waals surface area (Å²) in [5.74, 6) is -0.609. The molecule has 1 fully saturated rings. The van der Waals surface area contributed by atoms with Gasteiger partial charge in [-0.25, -0.2) is 4.79 Å². The van der Waals surface area contributed by atoms with Crippen molar-refractivity contribution in [1.29, 1.82) is 0 Å². The maximum Gasteiger partial charge on any atom is 0.336 e. The van der Waals surface area contributed by atoms with Gasteiger partial charge in [-0.15, -0.1) is 0 Å². The number of nitrogens with one attached hydrogen (secondary N) is 1. The second-order valence-electron chi connectivity index (χ2n) is 8.09. The molecule has 2 atom stereocenters. The molecule has 1 aliphatic carbocycles. The Hall–Kier alpha value is -2.40. The van der Waals surface area contributed by atoms with E-state index >= 15 is 0 Å². The summed E-state index contributed by atoms with van der Waals surface area (Å²) in [6.45, 7) is 5.00. The molecule has 0 bridgehead atoms. The number of allylic oxidation sites excluding steroid dienone is 3. The van der Waals surface area contributed by atoms with Gasteiger partial charge in [-0.1, -0.05) is 31.2 Å². The van der Waals surface area contributed by atoms with E-state index in [9.17, 15) is 9.59 Å². The summed E-state index contributed by atoms with van der Waals surface area (Å²) in [5, 5.41) is 3.34. The molecule has 1 N–H and O–H groups in total. The van der Waals surface area contributed by atoms with Gasteiger partial charge in [-0.3, -0.25) is 4.79 Å². The number of esters is 1. The van der Waals surface area contributed by atoms with Gasteiger partial charge in [0.1, 0.15) is 6.61 Å². The number of carbonyl (C=O) groups is 2. The highest BCUT2D eigenvalue weighted by Gasteiger charge is 2.39. The van der Waals surface area contributed by atoms with Crippen molar-refractivity contribution in [2.45, 2.75) is 64.4 Å². The molecule has 2 aliphatic heterocycles. The topological polar surface area (TPSA) is 64.6 Å². The molecule has 2 heterocycles. The summed E-state index contributed by atoms with van der Waals surface area (Å²) in [6, 6.07) is 8.25. The lowest BCUT2D eigenvalue weighted by atomic mass is 9.75. The summed E-state index contributed by atoms with van der Waals surface area (Å²) >= 11 is 0. The molecule has 4 rings (SSSR count). The lowest BCUT2D eigenvalue weighted by Crippen LogP contribution is -2.35. The number of aryl methyl sites for hydroxylation is 1. The molecule has 1 aromatic rings. The summed E-state index contributed by atoms with van der Waals surface area (Å²) < 4.78 is 11.2. The molecule has 1 saturated heterocycles. The molecule has 154 valence electrons. The Kier molecular flexibility index (Phi) is 5.86. The van der Waals surface area contributed by atoms with Crippen LogP contribution in [-0.2, 0) is 25.5 Å². The minimum atomic E-state index is -0.373. The van der Waals surface area contributed by atoms with E-state index < -0.39 is 0 Å². The first-order valence-electron chi connectivity index (χ1n) is 10.7. The van der Waals surface area contributed by atoms with Crippen molar-refractivity contribution in [3.8, 4) is 0 Å². The Labute approximate surface area is 172 Å². The fourth-order valence-electron chi connectivity index (χ4n) is 4.56. The summed E-state index contributed by atoms with van der Waals surface area (Å²) in [7, 11) is 0. The van der Waals surface area contributed by atoms with Crippen LogP contribution in [0.2, 0.25) is 0 Å². The van der Waals surface area contributed by atoms with Crippen LogP contribution in [0.5, 0.6) is 0 Å². The van der Waals surface area contributed by atoms with Crippen LogP contribution in [0, 0.1) is 0 Å². The number of hydrogen-bond acceptors (Lipinski definition) is 5. The number of ketones is 1. The lowest BCUT2D eigenvalue weighted by molar-refractivity contribution is -0.142. The largest absolute Gasteiger partial charge is 0.459 e. The van der Waals surface area contributed by atoms with Crippen LogP contribution in [0.25, 0.3) is 0 Å². The third-order valence-corrected chi connectivity index (χ3v) is 6.14. The molecule has 0 saturated carbocycles. The highest BCUT2D eigenvalue weighted by Crippen LogP contribution is 2.42. The molecule has 5 nitrogen and oxygen atoms in total. The van der Waals surface area contributed by atoms with Gasteiger partial charge in [0.05, 0.1) is 11.7 Å². The Morgan fingerprint density at radius 2 is 2.00 bits per heavy atom. The molecule has 1 aromatic carbocycles. The Balaban J connectivity index is 1.68. The number of Topliss-reactive ketones (excluding diaryl/α,β-unsaturated/α-hetero) is 1. The molecular weight excluding hydrogens is 366 g/mol. The maximum atomic E-state index is 13.1. The SMILES string of the molecule is CCc1ccc([C@@H]2C(C(=O)OC[C@@H]3CCCO3)=C(C)NC3=C2C(=O)CCC3)cc1. The van der Waals surface area contributed by atoms with E-state index in [0.29, 0.717) is 12.0 Å². The zero-order valence-electron chi connectivity index (χ0n) is 17.3. The molecular formula is C24H29NO4. The number of hydrogen-bond donors (Lipinski definition) is 1. The van der Waals surface area contributed by atoms with Crippen molar-refractivity contribution < 1.29 is 19.1 Å². The van der Waals surface area contributed by atoms with Gasteiger partial charge in [0.25, 0.3) is 0 Å². The zero-order chi connectivity index (χ0) is 20.4. The predicted octanol–water partition coefficient (Wildman–Crippen LogP) is 3.94. The third-order valence-electron chi connectivity index (χ3n) is 6.14. The van der Waals surface area contributed by atoms with Gasteiger partial charge in [-0.2, -0.15) is 0 Å². The van der Waals surface area contributed by atoms with E-state index in [1.54, 1.807) is 0 Å². The fraction of sp³-hybridized carbons (Fsp3) is 0.500. The first-order valence-corrected chi connectivity index (χ1v) is 10.7. The van der Waals surface area contributed by atoms with Crippen molar-refractivity contribution >= 4 is 11.8 Å². The molecule has 5 heteroatoms. The van der Waals surface area contributed by atoms with E-state index in [1.165, 1.54) is 5.56 Å². The van der Waals surface area contributed by atoms with Crippen LogP contribution in [0.3, 0.4) is 0 Å². The van der Waals surface area contributed by atoms with Crippen LogP contribution in [0.1, 0.15) is 63.0 Å². The van der Waals surface area contributed by atoms with Crippen molar-refractivity contribution in [2.24, 2.45) is 0 Å². The first kappa shape index (κ1) is 19.9. The summed E-state index contributed by atoms with van der Waals surface area (Å²) in [6.07, 6.45) is 5.05. The van der Waals surface area contributed by atoms with E-state index in [-0.39, 0.29) is 30.4 Å². The number of ether oxygens (including phenoxy) is 2. The average molecular weight is 395 g/mol. The third kappa shape index (κ3) is 4.01. The number of dihydropyridines is 1. The van der Waals surface area contributed by atoms with E-state index in [2.05, 4.69) is 24.4 Å². The van der Waals surface area contributed by atoms with Gasteiger partial charge < -0.3 is 14.8 Å². The van der Waals surface area contributed by atoms with Crippen molar-refractivity contribution in [3.05, 3.63) is 57.9 Å². The van der Waals surface area contributed by atoms with Crippen LogP contribution < -0.4 is 5.32 Å². The Morgan fingerprint density at radius 3 is 2.69 bits per heavy atom. The number of carbonyl (C=O) groups excluding carboxylic acids is 2. The maximum absolute atomic E-state index is 13.1. The number of benzene rings is 1. The molecule has 0 aromatic heterocycles. The quantitative estimate of drug-likeness (QED) is 0.765. The van der Waals surface area contributed by atoms with E-state index in [4.69, 9.17) is 9.47 Å². The van der Waals surface area contributed by atoms with E-state index in [1.807, 2.05) is 19.1 Å². The molecule has 0 radical (unpaired) electrons. The number of rotatable bonds is 5. The van der Waals surface area contributed by atoms with E-state index in [0.717, 1.165) is 61.2 Å². The fourth-order valence-corrected chi connectivity index (χ4v) is 4.56. The monoisotopic (exact) mass is 395 g/mol. The van der Waals surface area contributed by atoms with Gasteiger partial charge in [0, 0.05) is 35.9 Å². The van der Waals surface area contributed by atoms with Gasteiger partial charge in [0.2, 0.25) is 0 Å². The normalized spacial score (nSPS) is 24.4. The standard InChI is InChI=1S/C24H29NO4/c1-3-16-9-11-17(12-10-16)22-21(24(27)29-14-18-6-5-13-28-18)15(2)25-19-7-4-8-20(26)23(19)22/h9-12,18,22,25H,3-8,13-14H2,1-2H3/t18-,22+/m0/s1. The van der Waals surface area contributed by atoms with Gasteiger partial charge >= 0.3 is 5.97 Å². The van der Waals surface area contributed by atoms with Crippen LogP contribution >= 0.6 is 0 Å². The molecule has 0 spiro atoms. The highest BCUT2D eigenvalue weighted by molar-refractivity contribution is 6.03. The van der Waals surface area contributed by atoms with Crippen molar-refractivity contribution in [2.75, 3.05) is 13.2 Å². The average Bonchev–Trinajstić information content (AvgIpc) is 3.25. The lowest BCUT2D eigenvalue weighted by Gasteiger charge is -2.34. The summed E-state index contributed by atoms with van der Waals surface area (Å²) in [5.41, 5.74) is 5.21. The van der Waals surface area contributed by atoms with Crippen LogP contribution in [0.4, 0.5) is 0 Å². The van der Waals surface area contributed by atoms with Crippen molar-refractivity contribution in [3.63, 3.8) is 0 Å². The minimum absolute atomic E-state index is 0.0233. The molecule has 0 unspecified atom stereocenters. The highest BCUT2D eigenvalue weighted by atomic mass is 16.6.